The number of aryl methyl sites for hydroxylation is 1. The molecule has 2 nitrogen and oxygen atoms in total. The Morgan fingerprint density at radius 1 is 1.64 bits per heavy atom. The van der Waals surface area contributed by atoms with Crippen LogP contribution in [0.25, 0.3) is 0 Å². The first kappa shape index (κ1) is 10.1. The average Bonchev–Trinajstić information content (AvgIpc) is 2.78. The van der Waals surface area contributed by atoms with Gasteiger partial charge in [-0.3, -0.25) is 0 Å². The van der Waals surface area contributed by atoms with Gasteiger partial charge >= 0.3 is 0 Å². The quantitative estimate of drug-likeness (QED) is 0.825. The molecular formula is C11H17NOS. The molecule has 2 rings (SSSR count). The van der Waals surface area contributed by atoms with Crippen LogP contribution in [0.15, 0.2) is 11.4 Å². The van der Waals surface area contributed by atoms with Crippen LogP contribution in [-0.2, 0) is 11.3 Å². The zero-order valence-electron chi connectivity index (χ0n) is 8.58. The van der Waals surface area contributed by atoms with Crippen LogP contribution in [0.3, 0.4) is 0 Å². The van der Waals surface area contributed by atoms with Crippen LogP contribution >= 0.6 is 11.3 Å². The predicted octanol–water partition coefficient (Wildman–Crippen LogP) is 2.33. The van der Waals surface area contributed by atoms with Gasteiger partial charge in [0.15, 0.2) is 0 Å². The molecule has 1 aliphatic heterocycles. The molecule has 1 aromatic heterocycles. The van der Waals surface area contributed by atoms with E-state index in [1.807, 2.05) is 11.3 Å². The first-order chi connectivity index (χ1) is 6.86. The molecule has 0 unspecified atom stereocenters. The van der Waals surface area contributed by atoms with Crippen LogP contribution in [-0.4, -0.2) is 19.3 Å². The van der Waals surface area contributed by atoms with Crippen molar-refractivity contribution in [2.24, 2.45) is 0 Å². The van der Waals surface area contributed by atoms with Crippen LogP contribution in [0.5, 0.6) is 0 Å². The van der Waals surface area contributed by atoms with Gasteiger partial charge in [0.25, 0.3) is 0 Å². The van der Waals surface area contributed by atoms with E-state index in [9.17, 15) is 0 Å². The largest absolute Gasteiger partial charge is 0.377 e. The number of hydrogen-bond acceptors (Lipinski definition) is 3. The van der Waals surface area contributed by atoms with Gasteiger partial charge in [0.05, 0.1) is 6.10 Å². The topological polar surface area (TPSA) is 21.3 Å². The molecule has 1 saturated heterocycles. The lowest BCUT2D eigenvalue weighted by Gasteiger charge is -2.10. The Kier molecular flexibility index (Phi) is 3.56. The molecule has 14 heavy (non-hydrogen) atoms. The molecule has 0 aromatic carbocycles. The number of nitrogens with one attached hydrogen (secondary N) is 1. The van der Waals surface area contributed by atoms with Crippen molar-refractivity contribution in [3.63, 3.8) is 0 Å². The van der Waals surface area contributed by atoms with Crippen molar-refractivity contribution in [2.75, 3.05) is 13.2 Å². The summed E-state index contributed by atoms with van der Waals surface area (Å²) in [6.45, 7) is 5.10. The summed E-state index contributed by atoms with van der Waals surface area (Å²) in [5, 5.41) is 5.61. The summed E-state index contributed by atoms with van der Waals surface area (Å²) in [5.74, 6) is 0. The third-order valence-corrected chi connectivity index (χ3v) is 3.67. The highest BCUT2D eigenvalue weighted by Gasteiger charge is 2.14. The van der Waals surface area contributed by atoms with Crippen LogP contribution in [0, 0.1) is 6.92 Å². The maximum Gasteiger partial charge on any atom is 0.0700 e. The minimum Gasteiger partial charge on any atom is -0.377 e. The molecule has 78 valence electrons. The minimum absolute atomic E-state index is 0.454. The standard InChI is InChI=1S/C11H17NOS/c1-9-4-6-14-11(9)8-12-7-10-3-2-5-13-10/h4,6,10,12H,2-3,5,7-8H2,1H3/t10-/m0/s1. The Bertz CT molecular complexity index is 279. The van der Waals surface area contributed by atoms with E-state index >= 15 is 0 Å². The van der Waals surface area contributed by atoms with Crippen LogP contribution < -0.4 is 5.32 Å². The van der Waals surface area contributed by atoms with Crippen molar-refractivity contribution in [2.45, 2.75) is 32.4 Å². The first-order valence-corrected chi connectivity index (χ1v) is 6.09. The minimum atomic E-state index is 0.454. The lowest BCUT2D eigenvalue weighted by molar-refractivity contribution is 0.110. The second-order valence-corrected chi connectivity index (χ2v) is 4.79. The van der Waals surface area contributed by atoms with Gasteiger partial charge in [-0.05, 0) is 36.8 Å². The first-order valence-electron chi connectivity index (χ1n) is 5.21. The maximum atomic E-state index is 5.54. The van der Waals surface area contributed by atoms with E-state index in [1.54, 1.807) is 0 Å². The Morgan fingerprint density at radius 3 is 3.21 bits per heavy atom. The fourth-order valence-electron chi connectivity index (χ4n) is 1.74. The highest BCUT2D eigenvalue weighted by molar-refractivity contribution is 7.10. The lowest BCUT2D eigenvalue weighted by Crippen LogP contribution is -2.25. The van der Waals surface area contributed by atoms with E-state index in [4.69, 9.17) is 4.74 Å². The van der Waals surface area contributed by atoms with Crippen molar-refractivity contribution < 1.29 is 4.74 Å². The predicted molar refractivity (Wildman–Crippen MR) is 59.7 cm³/mol. The van der Waals surface area contributed by atoms with Gasteiger partial charge in [-0.25, -0.2) is 0 Å². The Labute approximate surface area is 89.3 Å². The van der Waals surface area contributed by atoms with E-state index in [-0.39, 0.29) is 0 Å². The normalized spacial score (nSPS) is 21.6. The van der Waals surface area contributed by atoms with Gasteiger partial charge in [0.1, 0.15) is 0 Å². The molecule has 1 atom stereocenters. The van der Waals surface area contributed by atoms with Crippen LogP contribution in [0.2, 0.25) is 0 Å². The number of hydrogen-bond donors (Lipinski definition) is 1. The van der Waals surface area contributed by atoms with E-state index < -0.39 is 0 Å². The van der Waals surface area contributed by atoms with E-state index in [0.717, 1.165) is 19.7 Å². The highest BCUT2D eigenvalue weighted by atomic mass is 32.1. The fraction of sp³-hybridized carbons (Fsp3) is 0.636. The third-order valence-electron chi connectivity index (χ3n) is 2.65. The fourth-order valence-corrected chi connectivity index (χ4v) is 2.61. The van der Waals surface area contributed by atoms with Gasteiger partial charge in [0.2, 0.25) is 0 Å². The smallest absolute Gasteiger partial charge is 0.0700 e. The molecule has 1 N–H and O–H groups in total. The molecule has 0 amide bonds. The second kappa shape index (κ2) is 4.91. The molecule has 3 heteroatoms. The second-order valence-electron chi connectivity index (χ2n) is 3.79. The average molecular weight is 211 g/mol. The van der Waals surface area contributed by atoms with Crippen molar-refractivity contribution in [1.29, 1.82) is 0 Å². The number of rotatable bonds is 4. The van der Waals surface area contributed by atoms with Gasteiger partial charge in [-0.1, -0.05) is 0 Å². The van der Waals surface area contributed by atoms with Crippen LogP contribution in [0.4, 0.5) is 0 Å². The lowest BCUT2D eigenvalue weighted by atomic mass is 10.2. The molecule has 1 aromatic rings. The Morgan fingerprint density at radius 2 is 2.57 bits per heavy atom. The molecule has 0 saturated carbocycles. The van der Waals surface area contributed by atoms with Crippen molar-refractivity contribution in [3.8, 4) is 0 Å². The molecule has 2 heterocycles. The van der Waals surface area contributed by atoms with Gasteiger partial charge < -0.3 is 10.1 Å². The van der Waals surface area contributed by atoms with Crippen LogP contribution in [0.1, 0.15) is 23.3 Å². The number of thiophene rings is 1. The molecule has 1 aliphatic rings. The summed E-state index contributed by atoms with van der Waals surface area (Å²) in [6.07, 6.45) is 2.90. The summed E-state index contributed by atoms with van der Waals surface area (Å²) in [5.41, 5.74) is 1.40. The molecular weight excluding hydrogens is 194 g/mol. The number of ether oxygens (including phenoxy) is 1. The Hall–Kier alpha value is -0.380. The zero-order valence-corrected chi connectivity index (χ0v) is 9.40. The summed E-state index contributed by atoms with van der Waals surface area (Å²) in [7, 11) is 0. The van der Waals surface area contributed by atoms with Crippen molar-refractivity contribution >= 4 is 11.3 Å². The zero-order chi connectivity index (χ0) is 9.80. The van der Waals surface area contributed by atoms with Gasteiger partial charge in [-0.2, -0.15) is 0 Å². The molecule has 0 spiro atoms. The van der Waals surface area contributed by atoms with E-state index in [1.165, 1.54) is 23.3 Å². The Balaban J connectivity index is 1.70. The maximum absolute atomic E-state index is 5.54. The summed E-state index contributed by atoms with van der Waals surface area (Å²) in [6, 6.07) is 2.17. The molecule has 0 bridgehead atoms. The summed E-state index contributed by atoms with van der Waals surface area (Å²) in [4.78, 5) is 1.45. The monoisotopic (exact) mass is 211 g/mol. The summed E-state index contributed by atoms with van der Waals surface area (Å²) >= 11 is 1.83. The highest BCUT2D eigenvalue weighted by Crippen LogP contribution is 2.15. The van der Waals surface area contributed by atoms with E-state index in [0.29, 0.717) is 6.10 Å². The van der Waals surface area contributed by atoms with Gasteiger partial charge in [0, 0.05) is 24.6 Å². The molecule has 1 fully saturated rings. The van der Waals surface area contributed by atoms with Crippen molar-refractivity contribution in [1.82, 2.24) is 5.32 Å². The molecule has 0 radical (unpaired) electrons. The SMILES string of the molecule is Cc1ccsc1CNC[C@@H]1CCCO1. The molecule has 0 aliphatic carbocycles. The summed E-state index contributed by atoms with van der Waals surface area (Å²) < 4.78 is 5.54. The van der Waals surface area contributed by atoms with Gasteiger partial charge in [-0.15, -0.1) is 11.3 Å². The van der Waals surface area contributed by atoms with E-state index in [2.05, 4.69) is 23.7 Å². The third kappa shape index (κ3) is 2.56. The van der Waals surface area contributed by atoms with Crippen molar-refractivity contribution in [3.05, 3.63) is 21.9 Å².